The number of ether oxygens (including phenoxy) is 3. The van der Waals surface area contributed by atoms with Crippen molar-refractivity contribution in [3.8, 4) is 0 Å². The van der Waals surface area contributed by atoms with Crippen LogP contribution in [0.3, 0.4) is 0 Å². The van der Waals surface area contributed by atoms with E-state index in [2.05, 4.69) is 32.9 Å². The lowest BCUT2D eigenvalue weighted by Gasteiger charge is -2.18. The van der Waals surface area contributed by atoms with E-state index in [1.165, 1.54) is 334 Å². The predicted octanol–water partition coefficient (Wildman–Crippen LogP) is 25.6. The lowest BCUT2D eigenvalue weighted by atomic mass is 10.0. The topological polar surface area (TPSA) is 78.9 Å². The van der Waals surface area contributed by atoms with Crippen LogP contribution >= 0.6 is 0 Å². The normalized spacial score (nSPS) is 12.0. The molecule has 0 aliphatic rings. The van der Waals surface area contributed by atoms with E-state index < -0.39 is 6.10 Å². The summed E-state index contributed by atoms with van der Waals surface area (Å²) < 4.78 is 17.0. The molecule has 480 valence electrons. The van der Waals surface area contributed by atoms with Gasteiger partial charge in [0.05, 0.1) is 0 Å². The molecule has 0 saturated heterocycles. The highest BCUT2D eigenvalue weighted by atomic mass is 16.6. The Morgan fingerprint density at radius 2 is 0.407 bits per heavy atom. The smallest absolute Gasteiger partial charge is 0.306 e. The van der Waals surface area contributed by atoms with E-state index in [9.17, 15) is 14.4 Å². The molecular weight excluding hydrogens is 997 g/mol. The van der Waals surface area contributed by atoms with Crippen LogP contribution in [0.5, 0.6) is 0 Å². The molecule has 0 fully saturated rings. The van der Waals surface area contributed by atoms with Crippen LogP contribution in [-0.4, -0.2) is 37.2 Å². The van der Waals surface area contributed by atoms with Crippen LogP contribution in [0.2, 0.25) is 0 Å². The van der Waals surface area contributed by atoms with Crippen molar-refractivity contribution < 1.29 is 28.6 Å². The first-order valence-corrected chi connectivity index (χ1v) is 37.2. The predicted molar refractivity (Wildman–Crippen MR) is 353 cm³/mol. The summed E-state index contributed by atoms with van der Waals surface area (Å²) in [4.78, 5) is 38.3. The van der Waals surface area contributed by atoms with E-state index >= 15 is 0 Å². The number of carbonyl (C=O) groups is 3. The number of allylic oxidation sites excluding steroid dienone is 2. The summed E-state index contributed by atoms with van der Waals surface area (Å²) >= 11 is 0. The first kappa shape index (κ1) is 79.2. The Labute approximate surface area is 507 Å². The molecule has 0 spiro atoms. The third-order valence-electron chi connectivity index (χ3n) is 17.3. The van der Waals surface area contributed by atoms with Crippen molar-refractivity contribution in [1.29, 1.82) is 0 Å². The molecule has 0 aromatic carbocycles. The van der Waals surface area contributed by atoms with Gasteiger partial charge in [0.1, 0.15) is 13.2 Å². The van der Waals surface area contributed by atoms with Gasteiger partial charge < -0.3 is 14.2 Å². The van der Waals surface area contributed by atoms with Crippen molar-refractivity contribution in [3.05, 3.63) is 12.2 Å². The quantitative estimate of drug-likeness (QED) is 0.0261. The molecule has 0 aromatic heterocycles. The van der Waals surface area contributed by atoms with E-state index in [4.69, 9.17) is 14.2 Å². The van der Waals surface area contributed by atoms with E-state index in [1.807, 2.05) is 0 Å². The van der Waals surface area contributed by atoms with Gasteiger partial charge in [-0.2, -0.15) is 0 Å². The zero-order valence-electron chi connectivity index (χ0n) is 55.4. The zero-order chi connectivity index (χ0) is 58.5. The fourth-order valence-electron chi connectivity index (χ4n) is 11.7. The Morgan fingerprint density at radius 1 is 0.235 bits per heavy atom. The number of hydrogen-bond donors (Lipinski definition) is 0. The molecule has 6 heteroatoms. The van der Waals surface area contributed by atoms with Crippen LogP contribution in [0.1, 0.15) is 432 Å². The van der Waals surface area contributed by atoms with E-state index in [0.29, 0.717) is 19.3 Å². The standard InChI is InChI=1S/C75H144O6/c1-4-7-10-13-16-19-21-23-25-27-29-31-33-35-37-39-41-43-45-47-49-51-53-56-59-62-65-68-74(77)80-71-72(70-79-73(76)67-64-61-58-55-18-15-12-9-6-3)81-75(78)69-66-63-60-57-54-52-50-48-46-44-42-40-38-36-34-32-30-28-26-24-22-20-17-14-11-8-5-2/h27,29,72H,4-26,28,30-71H2,1-3H3/b29-27-. The highest BCUT2D eigenvalue weighted by Gasteiger charge is 2.20. The molecule has 0 heterocycles. The molecule has 0 rings (SSSR count). The van der Waals surface area contributed by atoms with Gasteiger partial charge in [0, 0.05) is 19.3 Å². The third kappa shape index (κ3) is 68.8. The fraction of sp³-hybridized carbons (Fsp3) is 0.933. The van der Waals surface area contributed by atoms with Crippen molar-refractivity contribution in [1.82, 2.24) is 0 Å². The van der Waals surface area contributed by atoms with Crippen molar-refractivity contribution in [3.63, 3.8) is 0 Å². The van der Waals surface area contributed by atoms with Gasteiger partial charge in [0.2, 0.25) is 0 Å². The molecule has 0 aromatic rings. The summed E-state index contributed by atoms with van der Waals surface area (Å²) in [5.74, 6) is -0.830. The average Bonchev–Trinajstić information content (AvgIpc) is 3.47. The number of carbonyl (C=O) groups excluding carboxylic acids is 3. The SMILES string of the molecule is CCCCCCCCCC/C=C\CCCCCCCCCCCCCCCCCC(=O)OCC(COC(=O)CCCCCCCCCCC)OC(=O)CCCCCCCCCCCCCCCCCCCCCCCCCCCCC. The largest absolute Gasteiger partial charge is 0.462 e. The molecular formula is C75H144O6. The summed E-state index contributed by atoms with van der Waals surface area (Å²) in [6.07, 6.45) is 85.7. The second-order valence-corrected chi connectivity index (χ2v) is 25.6. The zero-order valence-corrected chi connectivity index (χ0v) is 55.4. The van der Waals surface area contributed by atoms with Crippen molar-refractivity contribution in [2.45, 2.75) is 438 Å². The maximum absolute atomic E-state index is 12.9. The Bertz CT molecular complexity index is 1260. The van der Waals surface area contributed by atoms with Gasteiger partial charge in [-0.05, 0) is 44.9 Å². The van der Waals surface area contributed by atoms with Crippen LogP contribution < -0.4 is 0 Å². The summed E-state index contributed by atoms with van der Waals surface area (Å²) in [6.45, 7) is 6.71. The molecule has 0 aliphatic heterocycles. The number of hydrogen-bond acceptors (Lipinski definition) is 6. The minimum atomic E-state index is -0.765. The molecule has 0 radical (unpaired) electrons. The van der Waals surface area contributed by atoms with E-state index in [0.717, 1.165) is 57.8 Å². The highest BCUT2D eigenvalue weighted by Crippen LogP contribution is 2.19. The van der Waals surface area contributed by atoms with Gasteiger partial charge in [0.15, 0.2) is 6.10 Å². The average molecular weight is 1140 g/mol. The summed E-state index contributed by atoms with van der Waals surface area (Å²) in [7, 11) is 0. The van der Waals surface area contributed by atoms with Crippen molar-refractivity contribution in [2.24, 2.45) is 0 Å². The second kappa shape index (κ2) is 70.6. The van der Waals surface area contributed by atoms with Gasteiger partial charge in [-0.3, -0.25) is 14.4 Å². The fourth-order valence-corrected chi connectivity index (χ4v) is 11.7. The summed E-state index contributed by atoms with van der Waals surface area (Å²) in [5, 5.41) is 0. The maximum Gasteiger partial charge on any atom is 0.306 e. The van der Waals surface area contributed by atoms with Crippen LogP contribution in [0.15, 0.2) is 12.2 Å². The maximum atomic E-state index is 12.9. The van der Waals surface area contributed by atoms with Gasteiger partial charge >= 0.3 is 17.9 Å². The second-order valence-electron chi connectivity index (χ2n) is 25.6. The van der Waals surface area contributed by atoms with Gasteiger partial charge in [-0.1, -0.05) is 380 Å². The first-order chi connectivity index (χ1) is 40.0. The minimum absolute atomic E-state index is 0.0628. The van der Waals surface area contributed by atoms with E-state index in [1.54, 1.807) is 0 Å². The number of rotatable bonds is 70. The molecule has 0 N–H and O–H groups in total. The molecule has 1 unspecified atom stereocenters. The van der Waals surface area contributed by atoms with Crippen LogP contribution in [0, 0.1) is 0 Å². The molecule has 1 atom stereocenters. The molecule has 0 bridgehead atoms. The first-order valence-electron chi connectivity index (χ1n) is 37.2. The molecule has 0 amide bonds. The Kier molecular flexibility index (Phi) is 69.0. The van der Waals surface area contributed by atoms with Gasteiger partial charge in [-0.25, -0.2) is 0 Å². The molecule has 0 aliphatic carbocycles. The summed E-state index contributed by atoms with van der Waals surface area (Å²) in [6, 6.07) is 0. The lowest BCUT2D eigenvalue weighted by Crippen LogP contribution is -2.30. The van der Waals surface area contributed by atoms with Crippen molar-refractivity contribution in [2.75, 3.05) is 13.2 Å². The number of unbranched alkanes of at least 4 members (excludes halogenated alkanes) is 57. The monoisotopic (exact) mass is 1140 g/mol. The van der Waals surface area contributed by atoms with E-state index in [-0.39, 0.29) is 31.1 Å². The Morgan fingerprint density at radius 3 is 0.617 bits per heavy atom. The Hall–Kier alpha value is -1.85. The highest BCUT2D eigenvalue weighted by molar-refractivity contribution is 5.71. The van der Waals surface area contributed by atoms with Gasteiger partial charge in [0.25, 0.3) is 0 Å². The third-order valence-corrected chi connectivity index (χ3v) is 17.3. The van der Waals surface area contributed by atoms with Crippen LogP contribution in [-0.2, 0) is 28.6 Å². The summed E-state index contributed by atoms with van der Waals surface area (Å²) in [5.41, 5.74) is 0. The molecule has 0 saturated carbocycles. The number of esters is 3. The minimum Gasteiger partial charge on any atom is -0.462 e. The Balaban J connectivity index is 4.06. The van der Waals surface area contributed by atoms with Crippen LogP contribution in [0.4, 0.5) is 0 Å². The van der Waals surface area contributed by atoms with Gasteiger partial charge in [-0.15, -0.1) is 0 Å². The van der Waals surface area contributed by atoms with Crippen LogP contribution in [0.25, 0.3) is 0 Å². The lowest BCUT2D eigenvalue weighted by molar-refractivity contribution is -0.167. The van der Waals surface area contributed by atoms with Crippen molar-refractivity contribution >= 4 is 17.9 Å². The molecule has 6 nitrogen and oxygen atoms in total. The molecule has 81 heavy (non-hydrogen) atoms.